The average Bonchev–Trinajstić information content (AvgIpc) is 2.31. The number of ether oxygens (including phenoxy) is 2. The van der Waals surface area contributed by atoms with E-state index in [1.807, 2.05) is 12.1 Å². The monoisotopic (exact) mass is 224 g/mol. The van der Waals surface area contributed by atoms with Crippen LogP contribution in [-0.4, -0.2) is 30.9 Å². The number of carbonyl (C=O) groups excluding carboxylic acids is 1. The van der Waals surface area contributed by atoms with Crippen LogP contribution < -0.4 is 4.74 Å². The van der Waals surface area contributed by atoms with E-state index in [9.17, 15) is 4.79 Å². The molecule has 1 rings (SSSR count). The topological polar surface area (TPSA) is 55.8 Å². The van der Waals surface area contributed by atoms with Gasteiger partial charge in [-0.1, -0.05) is 12.1 Å². The Morgan fingerprint density at radius 3 is 2.50 bits per heavy atom. The molecule has 1 aromatic rings. The van der Waals surface area contributed by atoms with Crippen LogP contribution >= 0.6 is 0 Å². The highest BCUT2D eigenvalue weighted by Crippen LogP contribution is 2.14. The molecule has 0 saturated carbocycles. The van der Waals surface area contributed by atoms with Crippen LogP contribution in [0.5, 0.6) is 5.75 Å². The number of esters is 1. The number of aliphatic hydroxyl groups excluding tert-OH is 1. The van der Waals surface area contributed by atoms with Crippen molar-refractivity contribution < 1.29 is 19.4 Å². The summed E-state index contributed by atoms with van der Waals surface area (Å²) in [4.78, 5) is 11.1. The van der Waals surface area contributed by atoms with Gasteiger partial charge in [0.1, 0.15) is 5.75 Å². The van der Waals surface area contributed by atoms with Crippen molar-refractivity contribution in [3.63, 3.8) is 0 Å². The highest BCUT2D eigenvalue weighted by atomic mass is 16.6. The zero-order valence-electron chi connectivity index (χ0n) is 9.47. The molecule has 0 aromatic heterocycles. The second-order valence-corrected chi connectivity index (χ2v) is 3.40. The van der Waals surface area contributed by atoms with Crippen molar-refractivity contribution in [3.05, 3.63) is 29.8 Å². The van der Waals surface area contributed by atoms with Crippen LogP contribution in [0.3, 0.4) is 0 Å². The molecule has 1 N–H and O–H groups in total. The van der Waals surface area contributed by atoms with Crippen molar-refractivity contribution in [1.82, 2.24) is 0 Å². The number of methoxy groups -OCH3 is 1. The van der Waals surface area contributed by atoms with E-state index in [4.69, 9.17) is 9.84 Å². The summed E-state index contributed by atoms with van der Waals surface area (Å²) in [5.41, 5.74) is 1.03. The first-order valence-electron chi connectivity index (χ1n) is 5.11. The number of hydrogen-bond donors (Lipinski definition) is 1. The fourth-order valence-electron chi connectivity index (χ4n) is 1.28. The van der Waals surface area contributed by atoms with Crippen LogP contribution in [0.4, 0.5) is 0 Å². The van der Waals surface area contributed by atoms with E-state index in [-0.39, 0.29) is 6.61 Å². The minimum absolute atomic E-state index is 0.124. The maximum atomic E-state index is 11.1. The Morgan fingerprint density at radius 2 is 2.00 bits per heavy atom. The number of carbonyl (C=O) groups is 1. The predicted octanol–water partition coefficient (Wildman–Crippen LogP) is 1.16. The molecule has 0 amide bonds. The maximum absolute atomic E-state index is 11.1. The summed E-state index contributed by atoms with van der Waals surface area (Å²) < 4.78 is 9.91. The molecule has 0 bridgehead atoms. The van der Waals surface area contributed by atoms with Crippen molar-refractivity contribution >= 4 is 5.97 Å². The van der Waals surface area contributed by atoms with E-state index in [0.29, 0.717) is 12.2 Å². The van der Waals surface area contributed by atoms with Gasteiger partial charge < -0.3 is 14.6 Å². The van der Waals surface area contributed by atoms with E-state index >= 15 is 0 Å². The third-order valence-corrected chi connectivity index (χ3v) is 2.17. The zero-order chi connectivity index (χ0) is 12.0. The Labute approximate surface area is 94.8 Å². The van der Waals surface area contributed by atoms with Gasteiger partial charge in [0.25, 0.3) is 0 Å². The molecule has 1 aromatic carbocycles. The van der Waals surface area contributed by atoms with Crippen molar-refractivity contribution in [2.45, 2.75) is 19.4 Å². The molecule has 16 heavy (non-hydrogen) atoms. The van der Waals surface area contributed by atoms with Crippen molar-refractivity contribution in [1.29, 1.82) is 0 Å². The van der Waals surface area contributed by atoms with Crippen LogP contribution in [-0.2, 0) is 16.0 Å². The smallest absolute Gasteiger partial charge is 0.346 e. The standard InChI is InChI=1S/C12H16O4/c1-9(12(14)15-2)16-11-5-3-10(4-6-11)7-8-13/h3-6,9,13H,7-8H2,1-2H3/t9-/m1/s1. The minimum atomic E-state index is -0.617. The number of aliphatic hydroxyl groups is 1. The lowest BCUT2D eigenvalue weighted by molar-refractivity contribution is -0.147. The SMILES string of the molecule is COC(=O)[C@@H](C)Oc1ccc(CCO)cc1. The van der Waals surface area contributed by atoms with Crippen LogP contribution in [0.25, 0.3) is 0 Å². The molecule has 88 valence electrons. The molecule has 4 heteroatoms. The van der Waals surface area contributed by atoms with Crippen molar-refractivity contribution in [3.8, 4) is 5.75 Å². The lowest BCUT2D eigenvalue weighted by Crippen LogP contribution is -2.24. The van der Waals surface area contributed by atoms with Crippen LogP contribution in [0.1, 0.15) is 12.5 Å². The molecule has 4 nitrogen and oxygen atoms in total. The fourth-order valence-corrected chi connectivity index (χ4v) is 1.28. The zero-order valence-corrected chi connectivity index (χ0v) is 9.47. The molecule has 0 unspecified atom stereocenters. The van der Waals surface area contributed by atoms with E-state index < -0.39 is 12.1 Å². The Kier molecular flexibility index (Phi) is 4.79. The maximum Gasteiger partial charge on any atom is 0.346 e. The normalized spacial score (nSPS) is 11.9. The lowest BCUT2D eigenvalue weighted by Gasteiger charge is -2.12. The van der Waals surface area contributed by atoms with E-state index in [2.05, 4.69) is 4.74 Å². The van der Waals surface area contributed by atoms with E-state index in [1.165, 1.54) is 7.11 Å². The van der Waals surface area contributed by atoms with Crippen molar-refractivity contribution in [2.24, 2.45) is 0 Å². The Hall–Kier alpha value is -1.55. The summed E-state index contributed by atoms with van der Waals surface area (Å²) in [7, 11) is 1.33. The number of hydrogen-bond acceptors (Lipinski definition) is 4. The summed E-state index contributed by atoms with van der Waals surface area (Å²) in [6, 6.07) is 7.25. The average molecular weight is 224 g/mol. The highest BCUT2D eigenvalue weighted by molar-refractivity contribution is 5.74. The minimum Gasteiger partial charge on any atom is -0.479 e. The van der Waals surface area contributed by atoms with Gasteiger partial charge in [-0.2, -0.15) is 0 Å². The second-order valence-electron chi connectivity index (χ2n) is 3.40. The largest absolute Gasteiger partial charge is 0.479 e. The second kappa shape index (κ2) is 6.12. The molecule has 0 heterocycles. The van der Waals surface area contributed by atoms with Gasteiger partial charge in [0.2, 0.25) is 0 Å². The molecule has 1 atom stereocenters. The molecule has 0 fully saturated rings. The Balaban J connectivity index is 2.58. The third kappa shape index (κ3) is 3.55. The van der Waals surface area contributed by atoms with Gasteiger partial charge in [-0.05, 0) is 31.0 Å². The van der Waals surface area contributed by atoms with Crippen LogP contribution in [0, 0.1) is 0 Å². The Bertz CT molecular complexity index is 331. The molecule has 0 aliphatic rings. The first kappa shape index (κ1) is 12.5. The Morgan fingerprint density at radius 1 is 1.38 bits per heavy atom. The molecular weight excluding hydrogens is 208 g/mol. The van der Waals surface area contributed by atoms with Gasteiger partial charge in [-0.25, -0.2) is 4.79 Å². The summed E-state index contributed by atoms with van der Waals surface area (Å²) >= 11 is 0. The van der Waals surface area contributed by atoms with Crippen LogP contribution in [0.2, 0.25) is 0 Å². The molecular formula is C12H16O4. The molecule has 0 aliphatic heterocycles. The lowest BCUT2D eigenvalue weighted by atomic mass is 10.1. The molecule has 0 saturated heterocycles. The quantitative estimate of drug-likeness (QED) is 0.762. The van der Waals surface area contributed by atoms with Gasteiger partial charge in [0.05, 0.1) is 7.11 Å². The summed E-state index contributed by atoms with van der Waals surface area (Å²) in [6.07, 6.45) is 0.000940. The third-order valence-electron chi connectivity index (χ3n) is 2.17. The summed E-state index contributed by atoms with van der Waals surface area (Å²) in [5.74, 6) is 0.207. The number of rotatable bonds is 5. The van der Waals surface area contributed by atoms with Crippen molar-refractivity contribution in [2.75, 3.05) is 13.7 Å². The van der Waals surface area contributed by atoms with E-state index in [0.717, 1.165) is 5.56 Å². The molecule has 0 aliphatic carbocycles. The highest BCUT2D eigenvalue weighted by Gasteiger charge is 2.14. The van der Waals surface area contributed by atoms with Gasteiger partial charge >= 0.3 is 5.97 Å². The first-order valence-corrected chi connectivity index (χ1v) is 5.11. The molecule has 0 radical (unpaired) electrons. The number of benzene rings is 1. The van der Waals surface area contributed by atoms with Gasteiger partial charge in [0, 0.05) is 6.61 Å². The van der Waals surface area contributed by atoms with Gasteiger partial charge in [-0.15, -0.1) is 0 Å². The summed E-state index contributed by atoms with van der Waals surface area (Å²) in [6.45, 7) is 1.76. The predicted molar refractivity (Wildman–Crippen MR) is 59.3 cm³/mol. The molecule has 0 spiro atoms. The van der Waals surface area contributed by atoms with Gasteiger partial charge in [-0.3, -0.25) is 0 Å². The first-order chi connectivity index (χ1) is 7.67. The summed E-state index contributed by atoms with van der Waals surface area (Å²) in [5, 5.41) is 8.75. The van der Waals surface area contributed by atoms with E-state index in [1.54, 1.807) is 19.1 Å². The fraction of sp³-hybridized carbons (Fsp3) is 0.417. The van der Waals surface area contributed by atoms with Gasteiger partial charge in [0.15, 0.2) is 6.10 Å². The van der Waals surface area contributed by atoms with Crippen LogP contribution in [0.15, 0.2) is 24.3 Å².